The summed E-state index contributed by atoms with van der Waals surface area (Å²) in [6.45, 7) is 5.16. The molecule has 150 valence electrons. The Hall–Kier alpha value is -2.91. The summed E-state index contributed by atoms with van der Waals surface area (Å²) in [5.41, 5.74) is 1.07. The molecule has 3 N–H and O–H groups in total. The third-order valence-electron chi connectivity index (χ3n) is 3.64. The molecule has 0 heterocycles. The third kappa shape index (κ3) is 6.07. The molecule has 0 aliphatic rings. The van der Waals surface area contributed by atoms with Crippen LogP contribution in [0, 0.1) is 0 Å². The first kappa shape index (κ1) is 21.4. The Bertz CT molecular complexity index is 925. The minimum atomic E-state index is -3.86. The molecule has 28 heavy (non-hydrogen) atoms. The number of nitrogens with one attached hydrogen (secondary N) is 3. The molecule has 1 atom stereocenters. The van der Waals surface area contributed by atoms with E-state index >= 15 is 0 Å². The zero-order valence-corrected chi connectivity index (χ0v) is 16.7. The quantitative estimate of drug-likeness (QED) is 0.624. The van der Waals surface area contributed by atoms with Crippen LogP contribution in [-0.2, 0) is 19.6 Å². The van der Waals surface area contributed by atoms with Crippen LogP contribution >= 0.6 is 0 Å². The maximum Gasteiger partial charge on any atom is 0.242 e. The Kier molecular flexibility index (Phi) is 7.13. The molecule has 2 aromatic carbocycles. The molecule has 2 aromatic rings. The van der Waals surface area contributed by atoms with E-state index in [0.717, 1.165) is 0 Å². The maximum atomic E-state index is 12.4. The standard InChI is InChI=1S/C19H23N3O5S/c1-4-27-17-9-11-18(12-10-17)28(25,26)22-13(2)19(24)21-16-7-5-15(6-8-16)20-14(3)23/h5-13,22H,4H2,1-3H3,(H,20,23)(H,21,24)/t13-/m1/s1. The van der Waals surface area contributed by atoms with Gasteiger partial charge in [-0.2, -0.15) is 4.72 Å². The molecule has 0 aliphatic heterocycles. The highest BCUT2D eigenvalue weighted by atomic mass is 32.2. The van der Waals surface area contributed by atoms with Gasteiger partial charge in [-0.25, -0.2) is 8.42 Å². The first-order chi connectivity index (χ1) is 13.2. The zero-order valence-electron chi connectivity index (χ0n) is 15.9. The smallest absolute Gasteiger partial charge is 0.242 e. The second-order valence-electron chi connectivity index (χ2n) is 6.00. The lowest BCUT2D eigenvalue weighted by atomic mass is 10.2. The normalized spacial score (nSPS) is 12.1. The average Bonchev–Trinajstić information content (AvgIpc) is 2.63. The molecule has 0 bridgehead atoms. The Balaban J connectivity index is 1.99. The van der Waals surface area contributed by atoms with E-state index in [2.05, 4.69) is 15.4 Å². The fraction of sp³-hybridized carbons (Fsp3) is 0.263. The summed E-state index contributed by atoms with van der Waals surface area (Å²) < 4.78 is 32.5. The zero-order chi connectivity index (χ0) is 20.7. The van der Waals surface area contributed by atoms with Crippen LogP contribution in [0.25, 0.3) is 0 Å². The predicted molar refractivity (Wildman–Crippen MR) is 107 cm³/mol. The molecule has 0 unspecified atom stereocenters. The van der Waals surface area contributed by atoms with Crippen molar-refractivity contribution in [3.05, 3.63) is 48.5 Å². The number of carbonyl (C=O) groups excluding carboxylic acids is 2. The van der Waals surface area contributed by atoms with E-state index in [1.807, 2.05) is 6.92 Å². The van der Waals surface area contributed by atoms with Gasteiger partial charge in [0, 0.05) is 18.3 Å². The average molecular weight is 405 g/mol. The van der Waals surface area contributed by atoms with Crippen LogP contribution in [0.15, 0.2) is 53.4 Å². The first-order valence-corrected chi connectivity index (χ1v) is 10.1. The SMILES string of the molecule is CCOc1ccc(S(=O)(=O)N[C@H](C)C(=O)Nc2ccc(NC(C)=O)cc2)cc1. The van der Waals surface area contributed by atoms with Crippen LogP contribution in [0.4, 0.5) is 11.4 Å². The molecule has 8 nitrogen and oxygen atoms in total. The van der Waals surface area contributed by atoms with Gasteiger partial charge in [-0.15, -0.1) is 0 Å². The van der Waals surface area contributed by atoms with Gasteiger partial charge in [-0.1, -0.05) is 0 Å². The third-order valence-corrected chi connectivity index (χ3v) is 5.20. The van der Waals surface area contributed by atoms with Crippen molar-refractivity contribution in [1.29, 1.82) is 0 Å². The van der Waals surface area contributed by atoms with Gasteiger partial charge in [0.2, 0.25) is 21.8 Å². The topological polar surface area (TPSA) is 114 Å². The van der Waals surface area contributed by atoms with Gasteiger partial charge in [-0.3, -0.25) is 9.59 Å². The minimum Gasteiger partial charge on any atom is -0.494 e. The Labute approximate surface area is 164 Å². The van der Waals surface area contributed by atoms with Gasteiger partial charge in [0.25, 0.3) is 0 Å². The highest BCUT2D eigenvalue weighted by Gasteiger charge is 2.22. The van der Waals surface area contributed by atoms with Gasteiger partial charge in [-0.05, 0) is 62.4 Å². The number of amides is 2. The van der Waals surface area contributed by atoms with Crippen molar-refractivity contribution in [2.75, 3.05) is 17.2 Å². The molecule has 0 fully saturated rings. The Morgan fingerprint density at radius 1 is 0.964 bits per heavy atom. The van der Waals surface area contributed by atoms with E-state index in [1.165, 1.54) is 26.0 Å². The molecule has 0 saturated carbocycles. The first-order valence-electron chi connectivity index (χ1n) is 8.65. The van der Waals surface area contributed by atoms with Gasteiger partial charge in [0.05, 0.1) is 17.5 Å². The highest BCUT2D eigenvalue weighted by molar-refractivity contribution is 7.89. The molecule has 0 radical (unpaired) electrons. The molecule has 0 saturated heterocycles. The molecule has 0 aliphatic carbocycles. The van der Waals surface area contributed by atoms with Gasteiger partial charge < -0.3 is 15.4 Å². The summed E-state index contributed by atoms with van der Waals surface area (Å²) in [5, 5.41) is 5.24. The second-order valence-corrected chi connectivity index (χ2v) is 7.71. The van der Waals surface area contributed by atoms with Gasteiger partial charge in [0.1, 0.15) is 5.75 Å². The van der Waals surface area contributed by atoms with Crippen LogP contribution in [0.5, 0.6) is 5.75 Å². The monoisotopic (exact) mass is 405 g/mol. The second kappa shape index (κ2) is 9.34. The fourth-order valence-corrected chi connectivity index (χ4v) is 3.53. The molecule has 0 spiro atoms. The van der Waals surface area contributed by atoms with Crippen LogP contribution in [0.3, 0.4) is 0 Å². The van der Waals surface area contributed by atoms with Crippen molar-refractivity contribution in [1.82, 2.24) is 4.72 Å². The van der Waals surface area contributed by atoms with Crippen molar-refractivity contribution < 1.29 is 22.7 Å². The molecule has 2 rings (SSSR count). The molecule has 0 aromatic heterocycles. The van der Waals surface area contributed by atoms with E-state index < -0.39 is 22.0 Å². The van der Waals surface area contributed by atoms with Crippen LogP contribution in [0.2, 0.25) is 0 Å². The summed E-state index contributed by atoms with van der Waals surface area (Å²) in [4.78, 5) is 23.3. The summed E-state index contributed by atoms with van der Waals surface area (Å²) in [6.07, 6.45) is 0. The van der Waals surface area contributed by atoms with Gasteiger partial charge in [0.15, 0.2) is 0 Å². The summed E-state index contributed by atoms with van der Waals surface area (Å²) in [7, 11) is -3.86. The Morgan fingerprint density at radius 2 is 1.50 bits per heavy atom. The number of hydrogen-bond acceptors (Lipinski definition) is 5. The van der Waals surface area contributed by atoms with Crippen molar-refractivity contribution in [2.45, 2.75) is 31.7 Å². The lowest BCUT2D eigenvalue weighted by molar-refractivity contribution is -0.117. The largest absolute Gasteiger partial charge is 0.494 e. The van der Waals surface area contributed by atoms with Crippen molar-refractivity contribution in [3.8, 4) is 5.75 Å². The summed E-state index contributed by atoms with van der Waals surface area (Å²) in [5.74, 6) is -0.147. The molecular formula is C19H23N3O5S. The predicted octanol–water partition coefficient (Wildman–Crippen LogP) is 2.35. The number of hydrogen-bond donors (Lipinski definition) is 3. The molecule has 9 heteroatoms. The lowest BCUT2D eigenvalue weighted by Gasteiger charge is -2.15. The van der Waals surface area contributed by atoms with E-state index in [4.69, 9.17) is 4.74 Å². The van der Waals surface area contributed by atoms with E-state index in [9.17, 15) is 18.0 Å². The number of benzene rings is 2. The number of carbonyl (C=O) groups is 2. The summed E-state index contributed by atoms with van der Waals surface area (Å²) in [6, 6.07) is 11.4. The number of ether oxygens (including phenoxy) is 1. The fourth-order valence-electron chi connectivity index (χ4n) is 2.33. The van der Waals surface area contributed by atoms with E-state index in [0.29, 0.717) is 23.7 Å². The minimum absolute atomic E-state index is 0.0373. The van der Waals surface area contributed by atoms with Crippen LogP contribution < -0.4 is 20.1 Å². The number of anilines is 2. The van der Waals surface area contributed by atoms with Crippen molar-refractivity contribution >= 4 is 33.2 Å². The highest BCUT2D eigenvalue weighted by Crippen LogP contribution is 2.17. The number of rotatable bonds is 8. The molecular weight excluding hydrogens is 382 g/mol. The van der Waals surface area contributed by atoms with Crippen molar-refractivity contribution in [2.24, 2.45) is 0 Å². The lowest BCUT2D eigenvalue weighted by Crippen LogP contribution is -2.41. The Morgan fingerprint density at radius 3 is 2.00 bits per heavy atom. The van der Waals surface area contributed by atoms with Gasteiger partial charge >= 0.3 is 0 Å². The van der Waals surface area contributed by atoms with Crippen molar-refractivity contribution in [3.63, 3.8) is 0 Å². The van der Waals surface area contributed by atoms with Crippen LogP contribution in [-0.4, -0.2) is 32.9 Å². The number of sulfonamides is 1. The van der Waals surface area contributed by atoms with E-state index in [1.54, 1.807) is 36.4 Å². The van der Waals surface area contributed by atoms with E-state index in [-0.39, 0.29) is 10.8 Å². The summed E-state index contributed by atoms with van der Waals surface area (Å²) >= 11 is 0. The molecule has 2 amide bonds. The van der Waals surface area contributed by atoms with Crippen LogP contribution in [0.1, 0.15) is 20.8 Å². The maximum absolute atomic E-state index is 12.4.